The molecule has 388 valence electrons. The molecule has 3 fully saturated rings. The minimum atomic E-state index is -1.02. The first kappa shape index (κ1) is 51.2. The third kappa shape index (κ3) is 12.4. The van der Waals surface area contributed by atoms with Gasteiger partial charge in [0.25, 0.3) is 11.8 Å². The quantitative estimate of drug-likeness (QED) is 0.0655. The summed E-state index contributed by atoms with van der Waals surface area (Å²) in [5.41, 5.74) is 3.30. The number of imide groups is 2. The molecule has 9 rings (SSSR count). The molecular formula is C53H64N8O12. The molecule has 73 heavy (non-hydrogen) atoms. The summed E-state index contributed by atoms with van der Waals surface area (Å²) in [6.07, 6.45) is 4.02. The first-order valence-corrected chi connectivity index (χ1v) is 25.3. The number of likely N-dealkylation sites (tertiary alicyclic amines) is 1. The van der Waals surface area contributed by atoms with Gasteiger partial charge >= 0.3 is 6.01 Å². The number of fused-ring (bicyclic) bond motifs is 3. The summed E-state index contributed by atoms with van der Waals surface area (Å²) in [5.74, 6) is -0.827. The van der Waals surface area contributed by atoms with Crippen molar-refractivity contribution in [2.75, 3.05) is 115 Å². The number of carbonyl (C=O) groups excluding carboxylic acids is 5. The van der Waals surface area contributed by atoms with E-state index in [0.717, 1.165) is 77.3 Å². The number of benzene rings is 3. The fourth-order valence-electron chi connectivity index (χ4n) is 10.1. The molecule has 0 spiro atoms. The van der Waals surface area contributed by atoms with Crippen molar-refractivity contribution in [3.63, 3.8) is 0 Å². The molecule has 3 saturated heterocycles. The van der Waals surface area contributed by atoms with Gasteiger partial charge in [-0.3, -0.25) is 39.1 Å². The summed E-state index contributed by atoms with van der Waals surface area (Å²) in [5, 5.41) is 14.9. The van der Waals surface area contributed by atoms with Gasteiger partial charge in [0.1, 0.15) is 36.1 Å². The van der Waals surface area contributed by atoms with E-state index in [9.17, 15) is 29.1 Å². The summed E-state index contributed by atoms with van der Waals surface area (Å²) in [6.45, 7) is 14.9. The Labute approximate surface area is 424 Å². The SMILES string of the molecule is C=CC(=O)N1CCN(c2nc(O[C@H](C)CN3CCC(OCCOCCOCCOCCOc4ccc5c(c4)C(=O)N(C4CCC(=O)NC4=O)C5=O)CC3)nc3c2CCN(c2cc(O)cc4ccccc24)C3)CC1. The Morgan fingerprint density at radius 2 is 1.51 bits per heavy atom. The number of piperazine rings is 1. The van der Waals surface area contributed by atoms with E-state index in [4.69, 9.17) is 38.4 Å². The number of aromatic hydroxyl groups is 1. The topological polar surface area (TPSA) is 215 Å². The molecule has 2 atom stereocenters. The summed E-state index contributed by atoms with van der Waals surface area (Å²) in [6, 6.07) is 15.6. The Bertz CT molecular complexity index is 2670. The molecule has 2 N–H and O–H groups in total. The van der Waals surface area contributed by atoms with E-state index in [1.165, 1.54) is 18.2 Å². The van der Waals surface area contributed by atoms with Crippen LogP contribution < -0.4 is 24.6 Å². The van der Waals surface area contributed by atoms with Crippen LogP contribution in [0, 0.1) is 0 Å². The molecule has 1 unspecified atom stereocenters. The number of carbonyl (C=O) groups is 5. The Morgan fingerprint density at radius 1 is 0.795 bits per heavy atom. The van der Waals surface area contributed by atoms with Gasteiger partial charge in [-0.1, -0.05) is 30.8 Å². The van der Waals surface area contributed by atoms with Gasteiger partial charge in [0, 0.05) is 81.5 Å². The van der Waals surface area contributed by atoms with Crippen molar-refractivity contribution in [1.29, 1.82) is 0 Å². The molecular weight excluding hydrogens is 941 g/mol. The van der Waals surface area contributed by atoms with Gasteiger partial charge in [-0.15, -0.1) is 0 Å². The fraction of sp³-hybridized carbons (Fsp3) is 0.491. The van der Waals surface area contributed by atoms with Crippen LogP contribution in [0.2, 0.25) is 0 Å². The summed E-state index contributed by atoms with van der Waals surface area (Å²) < 4.78 is 35.4. The van der Waals surface area contributed by atoms with Crippen LogP contribution in [-0.2, 0) is 46.3 Å². The van der Waals surface area contributed by atoms with Gasteiger partial charge < -0.3 is 48.2 Å². The van der Waals surface area contributed by atoms with Crippen LogP contribution in [0.15, 0.2) is 67.3 Å². The molecule has 20 nitrogen and oxygen atoms in total. The van der Waals surface area contributed by atoms with Gasteiger partial charge in [0.15, 0.2) is 0 Å². The van der Waals surface area contributed by atoms with E-state index in [1.807, 2.05) is 29.2 Å². The number of hydrogen-bond acceptors (Lipinski definition) is 17. The number of nitrogens with zero attached hydrogens (tertiary/aromatic N) is 7. The highest BCUT2D eigenvalue weighted by atomic mass is 16.6. The Hall–Kier alpha value is -6.71. The minimum absolute atomic E-state index is 0.0554. The molecule has 1 aromatic heterocycles. The highest BCUT2D eigenvalue weighted by Gasteiger charge is 2.45. The average Bonchev–Trinajstić information content (AvgIpc) is 3.64. The minimum Gasteiger partial charge on any atom is -0.508 e. The second-order valence-corrected chi connectivity index (χ2v) is 18.8. The maximum Gasteiger partial charge on any atom is 0.318 e. The van der Waals surface area contributed by atoms with E-state index in [2.05, 4.69) is 39.6 Å². The van der Waals surface area contributed by atoms with Crippen LogP contribution in [0.1, 0.15) is 64.6 Å². The highest BCUT2D eigenvalue weighted by Crippen LogP contribution is 2.37. The Balaban J connectivity index is 0.648. The monoisotopic (exact) mass is 1000 g/mol. The van der Waals surface area contributed by atoms with E-state index in [0.29, 0.717) is 90.7 Å². The van der Waals surface area contributed by atoms with Crippen molar-refractivity contribution >= 4 is 51.8 Å². The number of rotatable bonds is 22. The molecule has 0 aliphatic carbocycles. The Morgan fingerprint density at radius 3 is 2.25 bits per heavy atom. The summed E-state index contributed by atoms with van der Waals surface area (Å²) in [4.78, 5) is 81.9. The molecule has 5 amide bonds. The third-order valence-electron chi connectivity index (χ3n) is 13.8. The molecule has 0 radical (unpaired) electrons. The van der Waals surface area contributed by atoms with Crippen LogP contribution in [0.3, 0.4) is 0 Å². The smallest absolute Gasteiger partial charge is 0.318 e. The average molecular weight is 1010 g/mol. The van der Waals surface area contributed by atoms with Gasteiger partial charge in [-0.2, -0.15) is 9.97 Å². The lowest BCUT2D eigenvalue weighted by atomic mass is 10.0. The summed E-state index contributed by atoms with van der Waals surface area (Å²) >= 11 is 0. The number of anilines is 2. The van der Waals surface area contributed by atoms with E-state index in [1.54, 1.807) is 12.1 Å². The molecule has 6 heterocycles. The maximum atomic E-state index is 13.0. The van der Waals surface area contributed by atoms with E-state index < -0.39 is 29.7 Å². The van der Waals surface area contributed by atoms with Crippen molar-refractivity contribution in [2.24, 2.45) is 0 Å². The second-order valence-electron chi connectivity index (χ2n) is 18.8. The van der Waals surface area contributed by atoms with Crippen molar-refractivity contribution in [1.82, 2.24) is 30.0 Å². The highest BCUT2D eigenvalue weighted by molar-refractivity contribution is 6.23. The number of aromatic nitrogens is 2. The molecule has 5 aliphatic heterocycles. The van der Waals surface area contributed by atoms with Crippen LogP contribution in [0.25, 0.3) is 10.8 Å². The van der Waals surface area contributed by atoms with Gasteiger partial charge in [0.2, 0.25) is 17.7 Å². The number of nitrogens with one attached hydrogen (secondary N) is 1. The molecule has 0 saturated carbocycles. The molecule has 20 heteroatoms. The molecule has 5 aliphatic rings. The second kappa shape index (κ2) is 23.9. The predicted molar refractivity (Wildman–Crippen MR) is 268 cm³/mol. The molecule has 0 bridgehead atoms. The third-order valence-corrected chi connectivity index (χ3v) is 13.8. The van der Waals surface area contributed by atoms with Gasteiger partial charge in [-0.25, -0.2) is 0 Å². The lowest BCUT2D eigenvalue weighted by Crippen LogP contribution is -2.54. The van der Waals surface area contributed by atoms with Gasteiger partial charge in [-0.05, 0) is 68.3 Å². The van der Waals surface area contributed by atoms with E-state index in [-0.39, 0.29) is 61.0 Å². The van der Waals surface area contributed by atoms with Crippen LogP contribution >= 0.6 is 0 Å². The number of ether oxygens (including phenoxy) is 6. The lowest BCUT2D eigenvalue weighted by Gasteiger charge is -2.38. The van der Waals surface area contributed by atoms with Crippen LogP contribution in [0.5, 0.6) is 17.5 Å². The van der Waals surface area contributed by atoms with Crippen molar-refractivity contribution in [3.05, 3.63) is 89.6 Å². The Kier molecular flexibility index (Phi) is 16.8. The van der Waals surface area contributed by atoms with Crippen LogP contribution in [0.4, 0.5) is 11.5 Å². The van der Waals surface area contributed by atoms with E-state index >= 15 is 0 Å². The first-order valence-electron chi connectivity index (χ1n) is 25.3. The fourth-order valence-corrected chi connectivity index (χ4v) is 10.1. The predicted octanol–water partition coefficient (Wildman–Crippen LogP) is 3.51. The summed E-state index contributed by atoms with van der Waals surface area (Å²) in [7, 11) is 0. The lowest BCUT2D eigenvalue weighted by molar-refractivity contribution is -0.136. The normalized spacial score (nSPS) is 19.0. The number of phenols is 1. The zero-order valence-corrected chi connectivity index (χ0v) is 41.3. The molecule has 3 aromatic carbocycles. The van der Waals surface area contributed by atoms with Crippen molar-refractivity contribution in [2.45, 2.75) is 63.8 Å². The molecule has 4 aromatic rings. The van der Waals surface area contributed by atoms with Crippen molar-refractivity contribution in [3.8, 4) is 17.5 Å². The van der Waals surface area contributed by atoms with Crippen molar-refractivity contribution < 1.29 is 57.5 Å². The first-order chi connectivity index (χ1) is 35.5. The number of amides is 5. The van der Waals surface area contributed by atoms with Crippen LogP contribution in [-0.4, -0.2) is 183 Å². The zero-order chi connectivity index (χ0) is 50.8. The largest absolute Gasteiger partial charge is 0.508 e. The number of phenolic OH excluding ortho intramolecular Hbond substituents is 1. The number of hydrogen-bond donors (Lipinski definition) is 2. The standard InChI is InChI=1S/C53H64N8O12/c1-3-48(64)58-18-20-59(21-19-58)49-42-14-17-60(46-31-37(62)30-36-6-4-5-7-40(36)46)34-44(42)54-53(56-49)73-35(2)33-57-15-12-38(13-16-57)71-28-26-69-24-22-68-23-25-70-27-29-72-39-8-9-41-43(32-39)52(67)61(51(41)66)45-10-11-47(63)55-50(45)65/h3-9,30-32,35,38,45,62H,1,10-29,33-34H2,2H3,(H,55,63,65)/t35-,45?/m1/s1. The van der Waals surface area contributed by atoms with Gasteiger partial charge in [0.05, 0.1) is 75.7 Å². The maximum absolute atomic E-state index is 13.0. The number of piperidine rings is 2. The zero-order valence-electron chi connectivity index (χ0n) is 41.3.